The van der Waals surface area contributed by atoms with Crippen LogP contribution in [0.5, 0.6) is 0 Å². The van der Waals surface area contributed by atoms with E-state index in [4.69, 9.17) is 0 Å². The van der Waals surface area contributed by atoms with Crippen molar-refractivity contribution in [2.24, 2.45) is 0 Å². The Kier molecular flexibility index (Phi) is 6.54. The first-order valence-corrected chi connectivity index (χ1v) is 7.73. The lowest BCUT2D eigenvalue weighted by atomic mass is 10.1. The van der Waals surface area contributed by atoms with Crippen LogP contribution >= 0.6 is 22.6 Å². The zero-order valence-corrected chi connectivity index (χ0v) is 13.8. The number of aromatic nitrogens is 1. The molecule has 2 N–H and O–H groups in total. The topological polar surface area (TPSA) is 62.0 Å². The highest BCUT2D eigenvalue weighted by Crippen LogP contribution is 2.09. The van der Waals surface area contributed by atoms with E-state index in [1.807, 2.05) is 13.8 Å². The quantitative estimate of drug-likeness (QED) is 0.592. The fourth-order valence-electron chi connectivity index (χ4n) is 1.84. The van der Waals surface area contributed by atoms with Crippen LogP contribution in [0.3, 0.4) is 0 Å². The van der Waals surface area contributed by atoms with E-state index in [1.165, 1.54) is 6.42 Å². The molecule has 19 heavy (non-hydrogen) atoms. The molecule has 0 radical (unpaired) electrons. The first kappa shape index (κ1) is 16.2. The Morgan fingerprint density at radius 2 is 2.16 bits per heavy atom. The third-order valence-electron chi connectivity index (χ3n) is 3.04. The molecule has 0 fully saturated rings. The van der Waals surface area contributed by atoms with Crippen molar-refractivity contribution in [1.29, 1.82) is 0 Å². The van der Waals surface area contributed by atoms with Gasteiger partial charge in [-0.2, -0.15) is 0 Å². The van der Waals surface area contributed by atoms with E-state index < -0.39 is 0 Å². The molecular weight excluding hydrogens is 355 g/mol. The van der Waals surface area contributed by atoms with E-state index in [1.54, 1.807) is 6.07 Å². The van der Waals surface area contributed by atoms with Crippen LogP contribution < -0.4 is 10.9 Å². The lowest BCUT2D eigenvalue weighted by Gasteiger charge is -2.13. The molecule has 0 unspecified atom stereocenters. The number of amides is 1. The van der Waals surface area contributed by atoms with Crippen molar-refractivity contribution in [3.8, 4) is 0 Å². The third-order valence-corrected chi connectivity index (χ3v) is 4.16. The smallest absolute Gasteiger partial charge is 0.261 e. The molecule has 1 atom stereocenters. The number of carbonyl (C=O) groups excluding carboxylic acids is 1. The molecular formula is C14H21IN2O2. The van der Waals surface area contributed by atoms with Crippen molar-refractivity contribution in [1.82, 2.24) is 10.3 Å². The summed E-state index contributed by atoms with van der Waals surface area (Å²) in [5.74, 6) is -0.289. The van der Waals surface area contributed by atoms with E-state index in [0.717, 1.165) is 28.5 Å². The second-order valence-corrected chi connectivity index (χ2v) is 6.02. The molecule has 1 aromatic heterocycles. The molecule has 106 valence electrons. The summed E-state index contributed by atoms with van der Waals surface area (Å²) < 4.78 is 0.890. The lowest BCUT2D eigenvalue weighted by Crippen LogP contribution is -2.36. The van der Waals surface area contributed by atoms with E-state index >= 15 is 0 Å². The maximum Gasteiger partial charge on any atom is 0.261 e. The van der Waals surface area contributed by atoms with Gasteiger partial charge in [-0.3, -0.25) is 9.59 Å². The van der Waals surface area contributed by atoms with Crippen molar-refractivity contribution < 1.29 is 4.79 Å². The summed E-state index contributed by atoms with van der Waals surface area (Å²) in [4.78, 5) is 26.5. The van der Waals surface area contributed by atoms with E-state index in [0.29, 0.717) is 0 Å². The Labute approximate surface area is 127 Å². The number of unbranched alkanes of at least 4 members (excludes halogenated alkanes) is 2. The summed E-state index contributed by atoms with van der Waals surface area (Å²) in [6, 6.07) is 1.74. The standard InChI is InChI=1S/C14H21IN2O2/c1-4-5-6-7-9(2)16-13(18)11-8-12(15)10(3)17-14(11)19/h8-9H,4-7H2,1-3H3,(H,16,18)(H,17,19)/t9-/m0/s1. The zero-order valence-electron chi connectivity index (χ0n) is 11.7. The maximum absolute atomic E-state index is 12.0. The van der Waals surface area contributed by atoms with Gasteiger partial charge in [-0.1, -0.05) is 26.2 Å². The van der Waals surface area contributed by atoms with Crippen LogP contribution in [-0.4, -0.2) is 16.9 Å². The molecule has 0 aromatic carbocycles. The highest BCUT2D eigenvalue weighted by atomic mass is 127. The van der Waals surface area contributed by atoms with Crippen molar-refractivity contribution in [2.75, 3.05) is 0 Å². The Balaban J connectivity index is 2.68. The lowest BCUT2D eigenvalue weighted by molar-refractivity contribution is 0.0936. The molecule has 0 aliphatic rings. The fourth-order valence-corrected chi connectivity index (χ4v) is 2.29. The van der Waals surface area contributed by atoms with Gasteiger partial charge in [0, 0.05) is 15.3 Å². The minimum Gasteiger partial charge on any atom is -0.349 e. The number of hydrogen-bond donors (Lipinski definition) is 2. The number of aryl methyl sites for hydroxylation is 1. The Morgan fingerprint density at radius 1 is 1.47 bits per heavy atom. The molecule has 4 nitrogen and oxygen atoms in total. The highest BCUT2D eigenvalue weighted by molar-refractivity contribution is 14.1. The summed E-state index contributed by atoms with van der Waals surface area (Å²) in [5.41, 5.74) is 0.659. The van der Waals surface area contributed by atoms with Crippen molar-refractivity contribution >= 4 is 28.5 Å². The van der Waals surface area contributed by atoms with E-state index in [-0.39, 0.29) is 23.1 Å². The first-order chi connectivity index (χ1) is 8.95. The molecule has 0 aliphatic heterocycles. The van der Waals surface area contributed by atoms with Gasteiger partial charge in [-0.05, 0) is 48.9 Å². The van der Waals surface area contributed by atoms with Gasteiger partial charge in [0.1, 0.15) is 5.56 Å². The second-order valence-electron chi connectivity index (χ2n) is 4.86. The van der Waals surface area contributed by atoms with Crippen LogP contribution in [0.4, 0.5) is 0 Å². The van der Waals surface area contributed by atoms with E-state index in [9.17, 15) is 9.59 Å². The number of halogens is 1. The fraction of sp³-hybridized carbons (Fsp3) is 0.571. The largest absolute Gasteiger partial charge is 0.349 e. The molecule has 0 spiro atoms. The molecule has 1 aromatic rings. The van der Waals surface area contributed by atoms with Gasteiger partial charge in [0.15, 0.2) is 0 Å². The number of nitrogens with one attached hydrogen (secondary N) is 2. The van der Waals surface area contributed by atoms with Gasteiger partial charge >= 0.3 is 0 Å². The Bertz CT molecular complexity index is 497. The monoisotopic (exact) mass is 376 g/mol. The van der Waals surface area contributed by atoms with Crippen molar-refractivity contribution in [3.63, 3.8) is 0 Å². The Hall–Kier alpha value is -0.850. The van der Waals surface area contributed by atoms with E-state index in [2.05, 4.69) is 39.8 Å². The van der Waals surface area contributed by atoms with Gasteiger partial charge in [0.2, 0.25) is 0 Å². The average molecular weight is 376 g/mol. The van der Waals surface area contributed by atoms with Gasteiger partial charge < -0.3 is 10.3 Å². The molecule has 1 heterocycles. The summed E-state index contributed by atoms with van der Waals surface area (Å²) >= 11 is 2.11. The number of aromatic amines is 1. The molecule has 0 aliphatic carbocycles. The first-order valence-electron chi connectivity index (χ1n) is 6.66. The maximum atomic E-state index is 12.0. The third kappa shape index (κ3) is 4.97. The molecule has 5 heteroatoms. The summed E-state index contributed by atoms with van der Waals surface area (Å²) in [6.07, 6.45) is 4.37. The van der Waals surface area contributed by atoms with Crippen LogP contribution in [0.1, 0.15) is 55.6 Å². The van der Waals surface area contributed by atoms with Crippen LogP contribution in [0, 0.1) is 10.5 Å². The molecule has 0 bridgehead atoms. The minimum atomic E-state index is -0.323. The van der Waals surface area contributed by atoms with Crippen LogP contribution in [-0.2, 0) is 0 Å². The summed E-state index contributed by atoms with van der Waals surface area (Å²) in [5, 5.41) is 2.88. The van der Waals surface area contributed by atoms with Gasteiger partial charge in [0.05, 0.1) is 0 Å². The second kappa shape index (κ2) is 7.67. The van der Waals surface area contributed by atoms with Gasteiger partial charge in [-0.25, -0.2) is 0 Å². The number of rotatable bonds is 6. The molecule has 0 saturated heterocycles. The van der Waals surface area contributed by atoms with Crippen LogP contribution in [0.15, 0.2) is 10.9 Å². The SMILES string of the molecule is CCCCC[C@H](C)NC(=O)c1cc(I)c(C)[nH]c1=O. The molecule has 0 saturated carbocycles. The van der Waals surface area contributed by atoms with Crippen LogP contribution in [0.2, 0.25) is 0 Å². The normalized spacial score (nSPS) is 12.2. The zero-order chi connectivity index (χ0) is 14.4. The highest BCUT2D eigenvalue weighted by Gasteiger charge is 2.14. The van der Waals surface area contributed by atoms with Crippen molar-refractivity contribution in [3.05, 3.63) is 31.2 Å². The predicted octanol–water partition coefficient (Wildman–Crippen LogP) is 2.99. The van der Waals surface area contributed by atoms with Gasteiger partial charge in [-0.15, -0.1) is 0 Å². The summed E-state index contributed by atoms with van der Waals surface area (Å²) in [6.45, 7) is 5.94. The predicted molar refractivity (Wildman–Crippen MR) is 85.6 cm³/mol. The number of hydrogen-bond acceptors (Lipinski definition) is 2. The molecule has 1 amide bonds. The van der Waals surface area contributed by atoms with Gasteiger partial charge in [0.25, 0.3) is 11.5 Å². The summed E-state index contributed by atoms with van der Waals surface area (Å²) in [7, 11) is 0. The van der Waals surface area contributed by atoms with Crippen LogP contribution in [0.25, 0.3) is 0 Å². The van der Waals surface area contributed by atoms with Crippen molar-refractivity contribution in [2.45, 2.75) is 52.5 Å². The minimum absolute atomic E-state index is 0.0948. The number of pyridine rings is 1. The average Bonchev–Trinajstić information content (AvgIpc) is 2.34. The Morgan fingerprint density at radius 3 is 2.79 bits per heavy atom. The number of carbonyl (C=O) groups is 1. The number of H-pyrrole nitrogens is 1. The molecule has 1 rings (SSSR count).